The molecule has 2 N–H and O–H groups in total. The van der Waals surface area contributed by atoms with Crippen LogP contribution in [0.25, 0.3) is 0 Å². The fourth-order valence-electron chi connectivity index (χ4n) is 1.73. The van der Waals surface area contributed by atoms with Crippen LogP contribution in [0.3, 0.4) is 0 Å². The molecule has 0 aliphatic heterocycles. The Morgan fingerprint density at radius 1 is 1.17 bits per heavy atom. The molecule has 1 aromatic heterocycles. The van der Waals surface area contributed by atoms with Crippen molar-refractivity contribution in [1.82, 2.24) is 4.98 Å². The molecule has 1 aromatic carbocycles. The minimum atomic E-state index is -0.635. The summed E-state index contributed by atoms with van der Waals surface area (Å²) in [5.74, 6) is -1.20. The molecule has 0 bridgehead atoms. The predicted octanol–water partition coefficient (Wildman–Crippen LogP) is 2.45. The Morgan fingerprint density at radius 3 is 2.56 bits per heavy atom. The van der Waals surface area contributed by atoms with Crippen LogP contribution in [-0.4, -0.2) is 16.7 Å². The Labute approximate surface area is 105 Å². The number of aryl methyl sites for hydroxylation is 2. The maximum atomic E-state index is 11.8. The van der Waals surface area contributed by atoms with Crippen molar-refractivity contribution < 1.29 is 9.59 Å². The van der Waals surface area contributed by atoms with Crippen molar-refractivity contribution in [2.24, 2.45) is 0 Å². The molecule has 2 rings (SSSR count). The third-order valence-electron chi connectivity index (χ3n) is 2.68. The van der Waals surface area contributed by atoms with Crippen molar-refractivity contribution in [3.05, 3.63) is 53.3 Å². The lowest BCUT2D eigenvalue weighted by Crippen LogP contribution is -2.23. The summed E-state index contributed by atoms with van der Waals surface area (Å²) in [6, 6.07) is 8.89. The highest BCUT2D eigenvalue weighted by molar-refractivity contribution is 6.46. The van der Waals surface area contributed by atoms with Crippen molar-refractivity contribution in [3.8, 4) is 0 Å². The highest BCUT2D eigenvalue weighted by Gasteiger charge is 2.17. The Morgan fingerprint density at radius 2 is 1.94 bits per heavy atom. The monoisotopic (exact) mass is 242 g/mol. The highest BCUT2D eigenvalue weighted by Crippen LogP contribution is 2.16. The van der Waals surface area contributed by atoms with Gasteiger partial charge in [-0.15, -0.1) is 0 Å². The number of benzene rings is 1. The van der Waals surface area contributed by atoms with Gasteiger partial charge in [-0.05, 0) is 37.6 Å². The fraction of sp³-hybridized carbons (Fsp3) is 0.143. The molecule has 0 radical (unpaired) electrons. The standard InChI is InChI=1S/C14H14N2O2/c1-9-5-6-11(10(2)8-9)16-14(18)13(17)12-4-3-7-15-12/h3-8,15H,1-2H3,(H,16,18). The quantitative estimate of drug-likeness (QED) is 0.641. The van der Waals surface area contributed by atoms with E-state index in [0.717, 1.165) is 11.1 Å². The van der Waals surface area contributed by atoms with Crippen LogP contribution in [0.4, 0.5) is 5.69 Å². The van der Waals surface area contributed by atoms with Gasteiger partial charge in [-0.25, -0.2) is 0 Å². The molecule has 2 aromatic rings. The van der Waals surface area contributed by atoms with E-state index in [1.54, 1.807) is 24.4 Å². The van der Waals surface area contributed by atoms with Crippen LogP contribution in [0.1, 0.15) is 21.6 Å². The zero-order valence-corrected chi connectivity index (χ0v) is 10.3. The van der Waals surface area contributed by atoms with Gasteiger partial charge >= 0.3 is 0 Å². The summed E-state index contributed by atoms with van der Waals surface area (Å²) in [6.07, 6.45) is 1.61. The number of anilines is 1. The largest absolute Gasteiger partial charge is 0.358 e. The molecule has 1 amide bonds. The highest BCUT2D eigenvalue weighted by atomic mass is 16.2. The van der Waals surface area contributed by atoms with Gasteiger partial charge < -0.3 is 10.3 Å². The number of hydrogen-bond acceptors (Lipinski definition) is 2. The molecule has 92 valence electrons. The number of aromatic nitrogens is 1. The number of nitrogens with one attached hydrogen (secondary N) is 2. The number of ketones is 1. The molecule has 0 saturated heterocycles. The predicted molar refractivity (Wildman–Crippen MR) is 69.7 cm³/mol. The van der Waals surface area contributed by atoms with E-state index in [-0.39, 0.29) is 5.69 Å². The van der Waals surface area contributed by atoms with Gasteiger partial charge in [0.25, 0.3) is 11.7 Å². The molecular weight excluding hydrogens is 228 g/mol. The molecule has 0 aliphatic carbocycles. The first kappa shape index (κ1) is 12.1. The number of carbonyl (C=O) groups excluding carboxylic acids is 2. The number of H-pyrrole nitrogens is 1. The fourth-order valence-corrected chi connectivity index (χ4v) is 1.73. The van der Waals surface area contributed by atoms with E-state index in [1.165, 1.54) is 0 Å². The summed E-state index contributed by atoms with van der Waals surface area (Å²) in [4.78, 5) is 26.2. The van der Waals surface area contributed by atoms with Gasteiger partial charge in [0.05, 0.1) is 5.69 Å². The van der Waals surface area contributed by atoms with E-state index in [4.69, 9.17) is 0 Å². The zero-order chi connectivity index (χ0) is 13.1. The summed E-state index contributed by atoms with van der Waals surface area (Å²) in [5.41, 5.74) is 2.99. The number of hydrogen-bond donors (Lipinski definition) is 2. The third kappa shape index (κ3) is 2.48. The summed E-state index contributed by atoms with van der Waals surface area (Å²) in [5, 5.41) is 2.62. The number of amides is 1. The maximum absolute atomic E-state index is 11.8. The lowest BCUT2D eigenvalue weighted by atomic mass is 10.1. The second-order valence-electron chi connectivity index (χ2n) is 4.19. The Balaban J connectivity index is 2.14. The summed E-state index contributed by atoms with van der Waals surface area (Å²) < 4.78 is 0. The average molecular weight is 242 g/mol. The van der Waals surface area contributed by atoms with Crippen molar-refractivity contribution in [2.75, 3.05) is 5.32 Å². The van der Waals surface area contributed by atoms with Crippen molar-refractivity contribution in [1.29, 1.82) is 0 Å². The zero-order valence-electron chi connectivity index (χ0n) is 10.3. The number of rotatable bonds is 3. The van der Waals surface area contributed by atoms with Gasteiger partial charge in [0.2, 0.25) is 0 Å². The first-order chi connectivity index (χ1) is 8.58. The van der Waals surface area contributed by atoms with Crippen LogP contribution in [0.15, 0.2) is 36.5 Å². The van der Waals surface area contributed by atoms with Gasteiger partial charge in [0.1, 0.15) is 0 Å². The van der Waals surface area contributed by atoms with E-state index in [1.807, 2.05) is 26.0 Å². The van der Waals surface area contributed by atoms with Crippen LogP contribution in [0.2, 0.25) is 0 Å². The molecule has 0 spiro atoms. The molecule has 0 unspecified atom stereocenters. The second kappa shape index (κ2) is 4.87. The van der Waals surface area contributed by atoms with Gasteiger partial charge in [-0.2, -0.15) is 0 Å². The number of Topliss-reactive ketones (excluding diaryl/α,β-unsaturated/α-hetero) is 1. The molecule has 0 fully saturated rings. The molecule has 4 heteroatoms. The summed E-state index contributed by atoms with van der Waals surface area (Å²) >= 11 is 0. The minimum absolute atomic E-state index is 0.289. The van der Waals surface area contributed by atoms with E-state index in [9.17, 15) is 9.59 Å². The van der Waals surface area contributed by atoms with Crippen LogP contribution in [0, 0.1) is 13.8 Å². The summed E-state index contributed by atoms with van der Waals surface area (Å²) in [7, 11) is 0. The molecule has 4 nitrogen and oxygen atoms in total. The van der Waals surface area contributed by atoms with Crippen LogP contribution < -0.4 is 5.32 Å². The molecule has 0 aliphatic rings. The molecule has 1 heterocycles. The van der Waals surface area contributed by atoms with Crippen LogP contribution >= 0.6 is 0 Å². The lowest BCUT2D eigenvalue weighted by molar-refractivity contribution is -0.112. The molecule has 18 heavy (non-hydrogen) atoms. The second-order valence-corrected chi connectivity index (χ2v) is 4.19. The Bertz CT molecular complexity index is 586. The average Bonchev–Trinajstić information content (AvgIpc) is 2.85. The van der Waals surface area contributed by atoms with Crippen LogP contribution in [0.5, 0.6) is 0 Å². The smallest absolute Gasteiger partial charge is 0.298 e. The van der Waals surface area contributed by atoms with E-state index in [2.05, 4.69) is 10.3 Å². The number of aromatic amines is 1. The third-order valence-corrected chi connectivity index (χ3v) is 2.68. The number of carbonyl (C=O) groups is 2. The van der Waals surface area contributed by atoms with Crippen molar-refractivity contribution in [2.45, 2.75) is 13.8 Å². The molecular formula is C14H14N2O2. The minimum Gasteiger partial charge on any atom is -0.358 e. The van der Waals surface area contributed by atoms with E-state index in [0.29, 0.717) is 5.69 Å². The van der Waals surface area contributed by atoms with Gasteiger partial charge in [0, 0.05) is 11.9 Å². The molecule has 0 saturated carbocycles. The Kier molecular flexibility index (Phi) is 3.28. The van der Waals surface area contributed by atoms with E-state index >= 15 is 0 Å². The summed E-state index contributed by atoms with van der Waals surface area (Å²) in [6.45, 7) is 3.87. The topological polar surface area (TPSA) is 62.0 Å². The van der Waals surface area contributed by atoms with Gasteiger partial charge in [0.15, 0.2) is 0 Å². The van der Waals surface area contributed by atoms with Crippen molar-refractivity contribution in [3.63, 3.8) is 0 Å². The molecule has 0 atom stereocenters. The van der Waals surface area contributed by atoms with Gasteiger partial charge in [-0.3, -0.25) is 9.59 Å². The van der Waals surface area contributed by atoms with Gasteiger partial charge in [-0.1, -0.05) is 17.7 Å². The van der Waals surface area contributed by atoms with E-state index < -0.39 is 11.7 Å². The normalized spacial score (nSPS) is 10.1. The first-order valence-electron chi connectivity index (χ1n) is 5.64. The lowest BCUT2D eigenvalue weighted by Gasteiger charge is -2.07. The van der Waals surface area contributed by atoms with Crippen LogP contribution in [-0.2, 0) is 4.79 Å². The Hall–Kier alpha value is -2.36. The maximum Gasteiger partial charge on any atom is 0.298 e. The SMILES string of the molecule is Cc1ccc(NC(=O)C(=O)c2ccc[nH]2)c(C)c1. The first-order valence-corrected chi connectivity index (χ1v) is 5.64. The van der Waals surface area contributed by atoms with Crippen molar-refractivity contribution >= 4 is 17.4 Å².